The molecule has 1 aromatic rings. The molecule has 128 valence electrons. The average Bonchev–Trinajstić information content (AvgIpc) is 2.52. The second-order valence-electron chi connectivity index (χ2n) is 5.32. The van der Waals surface area contributed by atoms with Crippen LogP contribution >= 0.6 is 0 Å². The van der Waals surface area contributed by atoms with Crippen molar-refractivity contribution in [3.05, 3.63) is 35.4 Å². The van der Waals surface area contributed by atoms with Gasteiger partial charge in [0.2, 0.25) is 5.91 Å². The van der Waals surface area contributed by atoms with E-state index in [2.05, 4.69) is 22.5 Å². The highest BCUT2D eigenvalue weighted by molar-refractivity contribution is 5.86. The molecule has 0 aliphatic rings. The van der Waals surface area contributed by atoms with Gasteiger partial charge >= 0.3 is 0 Å². The second-order valence-corrected chi connectivity index (χ2v) is 5.32. The summed E-state index contributed by atoms with van der Waals surface area (Å²) in [5.41, 5.74) is 0.167. The molecule has 0 spiro atoms. The molecular formula is C16H24F2N4O. The molecule has 0 atom stereocenters. The van der Waals surface area contributed by atoms with Gasteiger partial charge in [0, 0.05) is 26.2 Å². The molecule has 0 unspecified atom stereocenters. The quantitative estimate of drug-likeness (QED) is 0.457. The zero-order valence-electron chi connectivity index (χ0n) is 13.8. The minimum absolute atomic E-state index is 0.0127. The van der Waals surface area contributed by atoms with E-state index in [0.29, 0.717) is 12.5 Å². The number of nitrogens with one attached hydrogen (secondary N) is 2. The van der Waals surface area contributed by atoms with Crippen molar-refractivity contribution in [2.75, 3.05) is 27.2 Å². The highest BCUT2D eigenvalue weighted by Crippen LogP contribution is 2.10. The summed E-state index contributed by atoms with van der Waals surface area (Å²) in [5, 5.41) is 5.97. The molecule has 7 heteroatoms. The Bertz CT molecular complexity index is 547. The summed E-state index contributed by atoms with van der Waals surface area (Å²) < 4.78 is 26.8. The van der Waals surface area contributed by atoms with E-state index < -0.39 is 11.6 Å². The average molecular weight is 326 g/mol. The van der Waals surface area contributed by atoms with Gasteiger partial charge in [-0.25, -0.2) is 13.8 Å². The number of hydrogen-bond donors (Lipinski definition) is 2. The number of aliphatic imine (C=N–C) groups is 1. The summed E-state index contributed by atoms with van der Waals surface area (Å²) in [6.45, 7) is 2.81. The van der Waals surface area contributed by atoms with Gasteiger partial charge in [-0.15, -0.1) is 0 Å². The van der Waals surface area contributed by atoms with Crippen LogP contribution in [0.15, 0.2) is 23.2 Å². The number of nitrogens with zero attached hydrogens (tertiary/aromatic N) is 2. The zero-order valence-corrected chi connectivity index (χ0v) is 13.8. The van der Waals surface area contributed by atoms with Gasteiger partial charge < -0.3 is 15.5 Å². The molecule has 0 aliphatic carbocycles. The monoisotopic (exact) mass is 326 g/mol. The Kier molecular flexibility index (Phi) is 8.01. The number of amides is 1. The van der Waals surface area contributed by atoms with E-state index in [9.17, 15) is 13.6 Å². The molecule has 1 amide bonds. The highest BCUT2D eigenvalue weighted by Gasteiger charge is 2.07. The maximum atomic E-state index is 13.6. The third-order valence-electron chi connectivity index (χ3n) is 3.14. The third kappa shape index (κ3) is 7.08. The van der Waals surface area contributed by atoms with Gasteiger partial charge in [-0.05, 0) is 24.6 Å². The number of hydrogen-bond acceptors (Lipinski definition) is 2. The van der Waals surface area contributed by atoms with E-state index in [1.807, 2.05) is 0 Å². The first-order valence-electron chi connectivity index (χ1n) is 7.60. The topological polar surface area (TPSA) is 56.7 Å². The van der Waals surface area contributed by atoms with E-state index in [0.717, 1.165) is 31.0 Å². The maximum Gasteiger partial charge on any atom is 0.241 e. The Morgan fingerprint density at radius 2 is 2.00 bits per heavy atom. The predicted molar refractivity (Wildman–Crippen MR) is 87.1 cm³/mol. The lowest BCUT2D eigenvalue weighted by molar-refractivity contribution is -0.127. The van der Waals surface area contributed by atoms with Gasteiger partial charge in [0.15, 0.2) is 5.96 Å². The second kappa shape index (κ2) is 9.76. The number of rotatable bonds is 7. The van der Waals surface area contributed by atoms with Crippen LogP contribution in [0.2, 0.25) is 0 Å². The van der Waals surface area contributed by atoms with Gasteiger partial charge in [-0.2, -0.15) is 0 Å². The number of halogens is 2. The lowest BCUT2D eigenvalue weighted by Gasteiger charge is -2.15. The van der Waals surface area contributed by atoms with E-state index in [4.69, 9.17) is 0 Å². The SMILES string of the molecule is CCCCNC(=NCc1cc(F)ccc1F)NCC(=O)N(C)C. The summed E-state index contributed by atoms with van der Waals surface area (Å²) in [6, 6.07) is 3.26. The Morgan fingerprint density at radius 3 is 2.65 bits per heavy atom. The van der Waals surface area contributed by atoms with Gasteiger partial charge in [0.05, 0.1) is 13.1 Å². The fraction of sp³-hybridized carbons (Fsp3) is 0.500. The van der Waals surface area contributed by atoms with Crippen molar-refractivity contribution < 1.29 is 13.6 Å². The Balaban J connectivity index is 2.72. The van der Waals surface area contributed by atoms with Crippen LogP contribution in [0.1, 0.15) is 25.3 Å². The van der Waals surface area contributed by atoms with Crippen molar-refractivity contribution in [1.29, 1.82) is 0 Å². The molecule has 2 N–H and O–H groups in total. The molecule has 0 aliphatic heterocycles. The van der Waals surface area contributed by atoms with E-state index in [1.54, 1.807) is 14.1 Å². The van der Waals surface area contributed by atoms with Crippen LogP contribution < -0.4 is 10.6 Å². The van der Waals surface area contributed by atoms with Gasteiger partial charge in [-0.3, -0.25) is 4.79 Å². The molecular weight excluding hydrogens is 302 g/mol. The van der Waals surface area contributed by atoms with Crippen molar-refractivity contribution in [2.24, 2.45) is 4.99 Å². The number of likely N-dealkylation sites (N-methyl/N-ethyl adjacent to an activating group) is 1. The van der Waals surface area contributed by atoms with E-state index in [1.165, 1.54) is 4.90 Å². The number of benzene rings is 1. The molecule has 0 heterocycles. The van der Waals surface area contributed by atoms with Crippen LogP contribution in [0.3, 0.4) is 0 Å². The van der Waals surface area contributed by atoms with Crippen molar-refractivity contribution in [1.82, 2.24) is 15.5 Å². The maximum absolute atomic E-state index is 13.6. The summed E-state index contributed by atoms with van der Waals surface area (Å²) in [4.78, 5) is 17.3. The lowest BCUT2D eigenvalue weighted by atomic mass is 10.2. The fourth-order valence-corrected chi connectivity index (χ4v) is 1.70. The van der Waals surface area contributed by atoms with Crippen LogP contribution in [0, 0.1) is 11.6 Å². The summed E-state index contributed by atoms with van der Waals surface area (Å²) in [5.74, 6) is -0.718. The molecule has 0 bridgehead atoms. The molecule has 0 aromatic heterocycles. The van der Waals surface area contributed by atoms with Crippen molar-refractivity contribution in [3.63, 3.8) is 0 Å². The largest absolute Gasteiger partial charge is 0.356 e. The van der Waals surface area contributed by atoms with E-state index >= 15 is 0 Å². The summed E-state index contributed by atoms with van der Waals surface area (Å²) in [7, 11) is 3.32. The molecule has 0 radical (unpaired) electrons. The van der Waals surface area contributed by atoms with Gasteiger partial charge in [0.1, 0.15) is 11.6 Å². The highest BCUT2D eigenvalue weighted by atomic mass is 19.1. The number of guanidine groups is 1. The number of unbranched alkanes of at least 4 members (excludes halogenated alkanes) is 1. The van der Waals surface area contributed by atoms with Crippen LogP contribution in [0.4, 0.5) is 8.78 Å². The van der Waals surface area contributed by atoms with Gasteiger partial charge in [-0.1, -0.05) is 13.3 Å². The fourth-order valence-electron chi connectivity index (χ4n) is 1.70. The number of carbonyl (C=O) groups excluding carboxylic acids is 1. The first kappa shape index (κ1) is 18.9. The van der Waals surface area contributed by atoms with Crippen LogP contribution in [-0.2, 0) is 11.3 Å². The lowest BCUT2D eigenvalue weighted by Crippen LogP contribution is -2.43. The molecule has 0 fully saturated rings. The molecule has 0 saturated carbocycles. The van der Waals surface area contributed by atoms with Crippen molar-refractivity contribution in [3.8, 4) is 0 Å². The van der Waals surface area contributed by atoms with Crippen molar-refractivity contribution in [2.45, 2.75) is 26.3 Å². The van der Waals surface area contributed by atoms with Crippen LogP contribution in [-0.4, -0.2) is 44.0 Å². The Hall–Kier alpha value is -2.18. The Morgan fingerprint density at radius 1 is 1.26 bits per heavy atom. The minimum Gasteiger partial charge on any atom is -0.356 e. The zero-order chi connectivity index (χ0) is 17.2. The molecule has 1 rings (SSSR count). The summed E-state index contributed by atoms with van der Waals surface area (Å²) >= 11 is 0. The van der Waals surface area contributed by atoms with E-state index in [-0.39, 0.29) is 24.6 Å². The molecule has 5 nitrogen and oxygen atoms in total. The van der Waals surface area contributed by atoms with Gasteiger partial charge in [0.25, 0.3) is 0 Å². The first-order valence-corrected chi connectivity index (χ1v) is 7.60. The normalized spacial score (nSPS) is 11.3. The standard InChI is InChI=1S/C16H24F2N4O/c1-4-5-8-19-16(21-11-15(23)22(2)3)20-10-12-9-13(17)6-7-14(12)18/h6-7,9H,4-5,8,10-11H2,1-3H3,(H2,19,20,21). The smallest absolute Gasteiger partial charge is 0.241 e. The minimum atomic E-state index is -0.507. The van der Waals surface area contributed by atoms with Crippen molar-refractivity contribution >= 4 is 11.9 Å². The first-order chi connectivity index (χ1) is 10.9. The third-order valence-corrected chi connectivity index (χ3v) is 3.14. The molecule has 1 aromatic carbocycles. The van der Waals surface area contributed by atoms with Crippen LogP contribution in [0.5, 0.6) is 0 Å². The van der Waals surface area contributed by atoms with Crippen LogP contribution in [0.25, 0.3) is 0 Å². The molecule has 23 heavy (non-hydrogen) atoms. The Labute approximate surface area is 135 Å². The number of carbonyl (C=O) groups is 1. The summed E-state index contributed by atoms with van der Waals surface area (Å²) in [6.07, 6.45) is 1.95. The predicted octanol–water partition coefficient (Wildman–Crippen LogP) is 1.89. The molecule has 0 saturated heterocycles.